The van der Waals surface area contributed by atoms with Crippen LogP contribution < -0.4 is 0 Å². The van der Waals surface area contributed by atoms with Crippen molar-refractivity contribution in [2.45, 2.75) is 51.6 Å². The van der Waals surface area contributed by atoms with Crippen molar-refractivity contribution in [1.29, 1.82) is 0 Å². The Morgan fingerprint density at radius 1 is 1.53 bits per heavy atom. The van der Waals surface area contributed by atoms with Gasteiger partial charge in [-0.25, -0.2) is 0 Å². The predicted octanol–water partition coefficient (Wildman–Crippen LogP) is 2.77. The first-order valence-electron chi connectivity index (χ1n) is 5.82. The van der Waals surface area contributed by atoms with Crippen LogP contribution in [0, 0.1) is 0 Å². The predicted molar refractivity (Wildman–Crippen MR) is 61.6 cm³/mol. The smallest absolute Gasteiger partial charge is 0.161 e. The molecule has 0 fully saturated rings. The molecule has 0 saturated carbocycles. The second-order valence-corrected chi connectivity index (χ2v) is 3.95. The molecule has 0 aromatic rings. The third kappa shape index (κ3) is 4.00. The minimum Gasteiger partial charge on any atom is -0.388 e. The number of Topliss-reactive ketones (excluding diaryl/α,β-unsaturated/α-hetero) is 1. The summed E-state index contributed by atoms with van der Waals surface area (Å²) in [5.41, 5.74) is 0.645. The highest BCUT2D eigenvalue weighted by molar-refractivity contribution is 5.96. The first-order valence-corrected chi connectivity index (χ1v) is 5.82. The molecule has 0 saturated heterocycles. The van der Waals surface area contributed by atoms with Crippen molar-refractivity contribution < 1.29 is 9.90 Å². The van der Waals surface area contributed by atoms with Crippen molar-refractivity contribution in [2.24, 2.45) is 0 Å². The summed E-state index contributed by atoms with van der Waals surface area (Å²) in [4.78, 5) is 11.5. The zero-order valence-corrected chi connectivity index (χ0v) is 9.41. The molecule has 0 aromatic carbocycles. The topological polar surface area (TPSA) is 37.3 Å². The monoisotopic (exact) mass is 208 g/mol. The van der Waals surface area contributed by atoms with E-state index in [1.807, 2.05) is 6.08 Å². The fourth-order valence-corrected chi connectivity index (χ4v) is 1.79. The van der Waals surface area contributed by atoms with Gasteiger partial charge in [0.05, 0.1) is 6.10 Å². The van der Waals surface area contributed by atoms with Crippen LogP contribution in [0.3, 0.4) is 0 Å². The molecular formula is C13H20O2. The molecular weight excluding hydrogens is 188 g/mol. The minimum absolute atomic E-state index is 0.133. The Balaban J connectivity index is 2.38. The van der Waals surface area contributed by atoms with Gasteiger partial charge in [-0.1, -0.05) is 25.2 Å². The summed E-state index contributed by atoms with van der Waals surface area (Å²) in [7, 11) is 0. The summed E-state index contributed by atoms with van der Waals surface area (Å²) < 4.78 is 0. The van der Waals surface area contributed by atoms with Crippen LogP contribution in [0.25, 0.3) is 0 Å². The molecule has 84 valence electrons. The lowest BCUT2D eigenvalue weighted by atomic mass is 9.92. The average molecular weight is 208 g/mol. The first-order chi connectivity index (χ1) is 7.25. The Kier molecular flexibility index (Phi) is 5.33. The van der Waals surface area contributed by atoms with E-state index in [9.17, 15) is 9.90 Å². The number of hydrogen-bond acceptors (Lipinski definition) is 2. The molecule has 2 nitrogen and oxygen atoms in total. The first kappa shape index (κ1) is 12.2. The molecule has 0 aliphatic heterocycles. The summed E-state index contributed by atoms with van der Waals surface area (Å²) in [5.74, 6) is 0.133. The highest BCUT2D eigenvalue weighted by Crippen LogP contribution is 2.19. The van der Waals surface area contributed by atoms with E-state index in [2.05, 4.69) is 19.1 Å². The zero-order valence-electron chi connectivity index (χ0n) is 9.41. The van der Waals surface area contributed by atoms with E-state index in [1.165, 1.54) is 0 Å². The number of aliphatic hydroxyl groups is 1. The SMILES string of the molecule is CCC=CCC[C@@H](O)C1=CCCCC1=O. The minimum atomic E-state index is -0.556. The van der Waals surface area contributed by atoms with E-state index in [0.717, 1.165) is 25.7 Å². The molecule has 2 heteroatoms. The van der Waals surface area contributed by atoms with Gasteiger partial charge in [0.15, 0.2) is 5.78 Å². The van der Waals surface area contributed by atoms with Crippen LogP contribution in [-0.4, -0.2) is 17.0 Å². The Morgan fingerprint density at radius 2 is 2.33 bits per heavy atom. The number of ketones is 1. The maximum atomic E-state index is 11.5. The van der Waals surface area contributed by atoms with Crippen molar-refractivity contribution in [2.75, 3.05) is 0 Å². The van der Waals surface area contributed by atoms with Crippen molar-refractivity contribution in [3.63, 3.8) is 0 Å². The van der Waals surface area contributed by atoms with Crippen LogP contribution >= 0.6 is 0 Å². The Labute approximate surface area is 91.7 Å². The summed E-state index contributed by atoms with van der Waals surface area (Å²) in [6.07, 6.45) is 10.5. The molecule has 0 spiro atoms. The van der Waals surface area contributed by atoms with Gasteiger partial charge in [-0.05, 0) is 32.1 Å². The number of carbonyl (C=O) groups excluding carboxylic acids is 1. The van der Waals surface area contributed by atoms with Crippen molar-refractivity contribution in [3.8, 4) is 0 Å². The van der Waals surface area contributed by atoms with E-state index < -0.39 is 6.10 Å². The quantitative estimate of drug-likeness (QED) is 0.705. The van der Waals surface area contributed by atoms with Crippen molar-refractivity contribution in [3.05, 3.63) is 23.8 Å². The number of carbonyl (C=O) groups is 1. The summed E-state index contributed by atoms with van der Waals surface area (Å²) >= 11 is 0. The largest absolute Gasteiger partial charge is 0.388 e. The molecule has 1 atom stereocenters. The van der Waals surface area contributed by atoms with Crippen LogP contribution in [0.5, 0.6) is 0 Å². The van der Waals surface area contributed by atoms with Crippen LogP contribution in [0.2, 0.25) is 0 Å². The Hall–Kier alpha value is -0.890. The van der Waals surface area contributed by atoms with Gasteiger partial charge < -0.3 is 5.11 Å². The Morgan fingerprint density at radius 3 is 3.00 bits per heavy atom. The van der Waals surface area contributed by atoms with Gasteiger partial charge >= 0.3 is 0 Å². The van der Waals surface area contributed by atoms with Gasteiger partial charge in [-0.15, -0.1) is 0 Å². The van der Waals surface area contributed by atoms with Crippen LogP contribution in [0.15, 0.2) is 23.8 Å². The molecule has 1 aliphatic carbocycles. The van der Waals surface area contributed by atoms with Gasteiger partial charge in [0.25, 0.3) is 0 Å². The maximum absolute atomic E-state index is 11.5. The molecule has 0 aromatic heterocycles. The Bertz CT molecular complexity index is 264. The standard InChI is InChI=1S/C13H20O2/c1-2-3-4-5-9-12(14)11-8-6-7-10-13(11)15/h3-4,8,12,14H,2,5-7,9-10H2,1H3/t12-/m1/s1. The van der Waals surface area contributed by atoms with E-state index in [1.54, 1.807) is 0 Å². The highest BCUT2D eigenvalue weighted by Gasteiger charge is 2.19. The summed E-state index contributed by atoms with van der Waals surface area (Å²) in [6.45, 7) is 2.08. The highest BCUT2D eigenvalue weighted by atomic mass is 16.3. The average Bonchev–Trinajstić information content (AvgIpc) is 2.25. The van der Waals surface area contributed by atoms with Crippen molar-refractivity contribution >= 4 is 5.78 Å². The third-order valence-electron chi connectivity index (χ3n) is 2.66. The normalized spacial score (nSPS) is 19.3. The fourth-order valence-electron chi connectivity index (χ4n) is 1.79. The van der Waals surface area contributed by atoms with E-state index >= 15 is 0 Å². The molecule has 1 aliphatic rings. The number of aliphatic hydroxyl groups excluding tert-OH is 1. The number of hydrogen-bond donors (Lipinski definition) is 1. The molecule has 0 radical (unpaired) electrons. The molecule has 0 unspecified atom stereocenters. The van der Waals surface area contributed by atoms with Gasteiger partial charge in [0, 0.05) is 12.0 Å². The summed E-state index contributed by atoms with van der Waals surface area (Å²) in [6, 6.07) is 0. The molecule has 15 heavy (non-hydrogen) atoms. The van der Waals surface area contributed by atoms with Crippen LogP contribution in [-0.2, 0) is 4.79 Å². The van der Waals surface area contributed by atoms with Crippen molar-refractivity contribution in [1.82, 2.24) is 0 Å². The lowest BCUT2D eigenvalue weighted by molar-refractivity contribution is -0.117. The van der Waals surface area contributed by atoms with E-state index in [0.29, 0.717) is 18.4 Å². The van der Waals surface area contributed by atoms with E-state index in [-0.39, 0.29) is 5.78 Å². The van der Waals surface area contributed by atoms with Gasteiger partial charge in [0.1, 0.15) is 0 Å². The molecule has 1 N–H and O–H groups in total. The third-order valence-corrected chi connectivity index (χ3v) is 2.66. The maximum Gasteiger partial charge on any atom is 0.161 e. The van der Waals surface area contributed by atoms with Gasteiger partial charge in [-0.3, -0.25) is 4.79 Å². The molecule has 0 heterocycles. The van der Waals surface area contributed by atoms with Gasteiger partial charge in [0.2, 0.25) is 0 Å². The zero-order chi connectivity index (χ0) is 11.1. The molecule has 0 amide bonds. The number of rotatable bonds is 5. The number of allylic oxidation sites excluding steroid dienone is 3. The lowest BCUT2D eigenvalue weighted by Crippen LogP contribution is -2.20. The van der Waals surface area contributed by atoms with Crippen LogP contribution in [0.4, 0.5) is 0 Å². The van der Waals surface area contributed by atoms with E-state index in [4.69, 9.17) is 0 Å². The fraction of sp³-hybridized carbons (Fsp3) is 0.615. The summed E-state index contributed by atoms with van der Waals surface area (Å²) in [5, 5.41) is 9.82. The van der Waals surface area contributed by atoms with Crippen LogP contribution in [0.1, 0.15) is 45.4 Å². The molecule has 1 rings (SSSR count). The lowest BCUT2D eigenvalue weighted by Gasteiger charge is -2.16. The molecule has 0 bridgehead atoms. The second-order valence-electron chi connectivity index (χ2n) is 3.95. The van der Waals surface area contributed by atoms with Gasteiger partial charge in [-0.2, -0.15) is 0 Å². The second kappa shape index (κ2) is 6.57.